The molecule has 1 aromatic heterocycles. The Labute approximate surface area is 129 Å². The highest BCUT2D eigenvalue weighted by molar-refractivity contribution is 5.99. The lowest BCUT2D eigenvalue weighted by Gasteiger charge is -2.08. The lowest BCUT2D eigenvalue weighted by molar-refractivity contribution is -0.115. The highest BCUT2D eigenvalue weighted by Crippen LogP contribution is 2.09. The normalized spacial score (nSPS) is 10.1. The van der Waals surface area contributed by atoms with Crippen molar-refractivity contribution in [2.45, 2.75) is 20.8 Å². The quantitative estimate of drug-likeness (QED) is 0.910. The molecule has 0 bridgehead atoms. The first-order valence-corrected chi connectivity index (χ1v) is 7.04. The monoisotopic (exact) mass is 297 g/mol. The summed E-state index contributed by atoms with van der Waals surface area (Å²) in [6.07, 6.45) is 0. The van der Waals surface area contributed by atoms with Gasteiger partial charge < -0.3 is 10.6 Å². The summed E-state index contributed by atoms with van der Waals surface area (Å²) in [7, 11) is 0. The van der Waals surface area contributed by atoms with E-state index in [2.05, 4.69) is 15.6 Å². The minimum absolute atomic E-state index is 0.0959. The van der Waals surface area contributed by atoms with Crippen molar-refractivity contribution < 1.29 is 9.59 Å². The average Bonchev–Trinajstić information content (AvgIpc) is 2.47. The number of nitrogens with zero attached hydrogens (tertiary/aromatic N) is 1. The summed E-state index contributed by atoms with van der Waals surface area (Å²) in [4.78, 5) is 28.0. The molecule has 0 radical (unpaired) electrons. The SMILES string of the molecule is Cc1cccc(NC(=O)CNC(=O)c2ccc(C)c(C)c2)n1. The molecule has 0 aliphatic carbocycles. The molecule has 0 spiro atoms. The van der Waals surface area contributed by atoms with Gasteiger partial charge in [-0.15, -0.1) is 0 Å². The molecular formula is C17H19N3O2. The van der Waals surface area contributed by atoms with Crippen molar-refractivity contribution in [1.29, 1.82) is 0 Å². The second kappa shape index (κ2) is 6.85. The molecule has 0 fully saturated rings. The second-order valence-corrected chi connectivity index (χ2v) is 5.19. The highest BCUT2D eigenvalue weighted by Gasteiger charge is 2.09. The summed E-state index contributed by atoms with van der Waals surface area (Å²) in [5.41, 5.74) is 3.53. The van der Waals surface area contributed by atoms with Crippen LogP contribution in [0.1, 0.15) is 27.2 Å². The molecule has 0 aliphatic heterocycles. The van der Waals surface area contributed by atoms with E-state index in [4.69, 9.17) is 0 Å². The first-order chi connectivity index (χ1) is 10.5. The second-order valence-electron chi connectivity index (χ2n) is 5.19. The summed E-state index contributed by atoms with van der Waals surface area (Å²) >= 11 is 0. The van der Waals surface area contributed by atoms with Gasteiger partial charge in [0.15, 0.2) is 0 Å². The van der Waals surface area contributed by atoms with Gasteiger partial charge in [-0.25, -0.2) is 4.98 Å². The maximum absolute atomic E-state index is 12.0. The van der Waals surface area contributed by atoms with Gasteiger partial charge in [0.2, 0.25) is 5.91 Å². The van der Waals surface area contributed by atoms with Crippen molar-refractivity contribution in [3.05, 3.63) is 58.8 Å². The maximum atomic E-state index is 12.0. The largest absolute Gasteiger partial charge is 0.343 e. The minimum atomic E-state index is -0.310. The Morgan fingerprint density at radius 1 is 1.05 bits per heavy atom. The summed E-state index contributed by atoms with van der Waals surface area (Å²) < 4.78 is 0. The predicted octanol–water partition coefficient (Wildman–Crippen LogP) is 2.38. The summed E-state index contributed by atoms with van der Waals surface area (Å²) in [6, 6.07) is 10.8. The predicted molar refractivity (Wildman–Crippen MR) is 85.9 cm³/mol. The van der Waals surface area contributed by atoms with Crippen LogP contribution in [0.2, 0.25) is 0 Å². The molecule has 0 saturated heterocycles. The number of rotatable bonds is 4. The Morgan fingerprint density at radius 3 is 2.50 bits per heavy atom. The molecule has 0 aliphatic rings. The Hall–Kier alpha value is -2.69. The number of hydrogen-bond acceptors (Lipinski definition) is 3. The van der Waals surface area contributed by atoms with Crippen LogP contribution < -0.4 is 10.6 Å². The van der Waals surface area contributed by atoms with Gasteiger partial charge in [0.25, 0.3) is 5.91 Å². The van der Waals surface area contributed by atoms with Crippen LogP contribution in [0.15, 0.2) is 36.4 Å². The Bertz CT molecular complexity index is 711. The fourth-order valence-corrected chi connectivity index (χ4v) is 1.94. The van der Waals surface area contributed by atoms with Gasteiger partial charge in [0, 0.05) is 11.3 Å². The third-order valence-electron chi connectivity index (χ3n) is 3.33. The van der Waals surface area contributed by atoms with Crippen LogP contribution in [0.5, 0.6) is 0 Å². The lowest BCUT2D eigenvalue weighted by Crippen LogP contribution is -2.33. The molecule has 2 amide bonds. The molecule has 1 heterocycles. The van der Waals surface area contributed by atoms with Crippen LogP contribution in [-0.4, -0.2) is 23.3 Å². The van der Waals surface area contributed by atoms with E-state index >= 15 is 0 Å². The first-order valence-electron chi connectivity index (χ1n) is 7.04. The van der Waals surface area contributed by atoms with Crippen LogP contribution in [-0.2, 0) is 4.79 Å². The number of amides is 2. The Kier molecular flexibility index (Phi) is 4.88. The molecule has 2 N–H and O–H groups in total. The van der Waals surface area contributed by atoms with Crippen molar-refractivity contribution in [2.75, 3.05) is 11.9 Å². The minimum Gasteiger partial charge on any atom is -0.343 e. The maximum Gasteiger partial charge on any atom is 0.251 e. The van der Waals surface area contributed by atoms with E-state index in [1.807, 2.05) is 45.0 Å². The van der Waals surface area contributed by atoms with E-state index in [0.29, 0.717) is 11.4 Å². The third kappa shape index (κ3) is 4.15. The topological polar surface area (TPSA) is 71.1 Å². The van der Waals surface area contributed by atoms with E-state index in [9.17, 15) is 9.59 Å². The van der Waals surface area contributed by atoms with Crippen LogP contribution in [0.4, 0.5) is 5.82 Å². The molecule has 22 heavy (non-hydrogen) atoms. The standard InChI is InChI=1S/C17H19N3O2/c1-11-7-8-14(9-12(11)2)17(22)18-10-16(21)20-15-6-4-5-13(3)19-15/h4-9H,10H2,1-3H3,(H,18,22)(H,19,20,21). The number of aromatic nitrogens is 1. The third-order valence-corrected chi connectivity index (χ3v) is 3.33. The number of carbonyl (C=O) groups is 2. The van der Waals surface area contributed by atoms with E-state index in [-0.39, 0.29) is 18.4 Å². The smallest absolute Gasteiger partial charge is 0.251 e. The lowest BCUT2D eigenvalue weighted by atomic mass is 10.1. The van der Waals surface area contributed by atoms with Crippen molar-refractivity contribution in [1.82, 2.24) is 10.3 Å². The number of anilines is 1. The average molecular weight is 297 g/mol. The van der Waals surface area contributed by atoms with Crippen LogP contribution in [0, 0.1) is 20.8 Å². The van der Waals surface area contributed by atoms with Crippen LogP contribution in [0.25, 0.3) is 0 Å². The van der Waals surface area contributed by atoms with Gasteiger partial charge in [0.05, 0.1) is 6.54 Å². The molecule has 2 rings (SSSR count). The number of nitrogens with one attached hydrogen (secondary N) is 2. The van der Waals surface area contributed by atoms with E-state index in [1.54, 1.807) is 12.1 Å². The summed E-state index contributed by atoms with van der Waals surface area (Å²) in [5, 5.41) is 5.25. The van der Waals surface area contributed by atoms with Crippen molar-refractivity contribution in [3.8, 4) is 0 Å². The van der Waals surface area contributed by atoms with Gasteiger partial charge >= 0.3 is 0 Å². The Morgan fingerprint density at radius 2 is 1.82 bits per heavy atom. The molecule has 114 valence electrons. The van der Waals surface area contributed by atoms with Crippen molar-refractivity contribution >= 4 is 17.6 Å². The van der Waals surface area contributed by atoms with Gasteiger partial charge in [-0.3, -0.25) is 9.59 Å². The molecule has 0 unspecified atom stereocenters. The van der Waals surface area contributed by atoms with Crippen LogP contribution >= 0.6 is 0 Å². The molecular weight excluding hydrogens is 278 g/mol. The number of carbonyl (C=O) groups excluding carboxylic acids is 2. The number of aryl methyl sites for hydroxylation is 3. The zero-order valence-electron chi connectivity index (χ0n) is 12.9. The van der Waals surface area contributed by atoms with Gasteiger partial charge in [0.1, 0.15) is 5.82 Å². The molecule has 5 heteroatoms. The molecule has 1 aromatic carbocycles. The molecule has 0 atom stereocenters. The number of benzene rings is 1. The number of pyridine rings is 1. The van der Waals surface area contributed by atoms with E-state index < -0.39 is 0 Å². The van der Waals surface area contributed by atoms with E-state index in [0.717, 1.165) is 16.8 Å². The molecule has 2 aromatic rings. The summed E-state index contributed by atoms with van der Waals surface area (Å²) in [5.74, 6) is -0.101. The Balaban J connectivity index is 1.90. The molecule has 5 nitrogen and oxygen atoms in total. The van der Waals surface area contributed by atoms with Gasteiger partial charge in [-0.05, 0) is 56.2 Å². The van der Waals surface area contributed by atoms with Crippen molar-refractivity contribution in [3.63, 3.8) is 0 Å². The van der Waals surface area contributed by atoms with Crippen LogP contribution in [0.3, 0.4) is 0 Å². The van der Waals surface area contributed by atoms with E-state index in [1.165, 1.54) is 0 Å². The fraction of sp³-hybridized carbons (Fsp3) is 0.235. The zero-order chi connectivity index (χ0) is 16.1. The van der Waals surface area contributed by atoms with Crippen molar-refractivity contribution in [2.24, 2.45) is 0 Å². The van der Waals surface area contributed by atoms with Gasteiger partial charge in [-0.1, -0.05) is 12.1 Å². The summed E-state index contributed by atoms with van der Waals surface area (Å²) in [6.45, 7) is 5.68. The first kappa shape index (κ1) is 15.7. The fourth-order valence-electron chi connectivity index (χ4n) is 1.94. The highest BCUT2D eigenvalue weighted by atomic mass is 16.2. The molecule has 0 saturated carbocycles. The van der Waals surface area contributed by atoms with Gasteiger partial charge in [-0.2, -0.15) is 0 Å². The zero-order valence-corrected chi connectivity index (χ0v) is 12.9. The number of hydrogen-bond donors (Lipinski definition) is 2.